The number of nitrogens with zero attached hydrogens (tertiary/aromatic N) is 2. The third-order valence-electron chi connectivity index (χ3n) is 3.97. The number of fused-ring (bicyclic) bond motifs is 1. The summed E-state index contributed by atoms with van der Waals surface area (Å²) in [6, 6.07) is 9.38. The van der Waals surface area contributed by atoms with Crippen LogP contribution in [0, 0.1) is 0 Å². The molecule has 0 aliphatic heterocycles. The second-order valence-corrected chi connectivity index (χ2v) is 6.00. The van der Waals surface area contributed by atoms with E-state index >= 15 is 0 Å². The molecule has 6 nitrogen and oxygen atoms in total. The second-order valence-electron chi connectivity index (χ2n) is 6.00. The van der Waals surface area contributed by atoms with Gasteiger partial charge in [-0.1, -0.05) is 18.2 Å². The average Bonchev–Trinajstić information content (AvgIpc) is 2.66. The molecule has 1 heterocycles. The molecule has 1 aromatic heterocycles. The van der Waals surface area contributed by atoms with Gasteiger partial charge in [0, 0.05) is 18.2 Å². The fraction of sp³-hybridized carbons (Fsp3) is 0.158. The summed E-state index contributed by atoms with van der Waals surface area (Å²) in [5.74, 6) is -2.26. The van der Waals surface area contributed by atoms with Gasteiger partial charge in [0.1, 0.15) is 6.04 Å². The van der Waals surface area contributed by atoms with Gasteiger partial charge in [-0.2, -0.15) is 13.2 Å². The lowest BCUT2D eigenvalue weighted by molar-refractivity contribution is -0.139. The minimum Gasteiger partial charge on any atom is -0.480 e. The molecule has 28 heavy (non-hydrogen) atoms. The van der Waals surface area contributed by atoms with Gasteiger partial charge in [0.2, 0.25) is 0 Å². The van der Waals surface area contributed by atoms with E-state index in [0.717, 1.165) is 12.1 Å². The highest BCUT2D eigenvalue weighted by molar-refractivity contribution is 5.96. The number of carbonyl (C=O) groups is 2. The molecule has 0 spiro atoms. The van der Waals surface area contributed by atoms with Crippen molar-refractivity contribution in [2.75, 3.05) is 0 Å². The molecule has 3 rings (SSSR count). The molecule has 0 saturated heterocycles. The summed E-state index contributed by atoms with van der Waals surface area (Å²) in [5, 5.41) is 11.6. The van der Waals surface area contributed by atoms with Crippen molar-refractivity contribution in [3.05, 3.63) is 71.5 Å². The fourth-order valence-corrected chi connectivity index (χ4v) is 2.58. The summed E-state index contributed by atoms with van der Waals surface area (Å²) in [6.45, 7) is 0. The van der Waals surface area contributed by atoms with E-state index in [4.69, 9.17) is 0 Å². The highest BCUT2D eigenvalue weighted by Crippen LogP contribution is 2.29. The number of hydrogen-bond acceptors (Lipinski definition) is 4. The van der Waals surface area contributed by atoms with Crippen molar-refractivity contribution in [3.8, 4) is 0 Å². The number of rotatable bonds is 5. The van der Waals surface area contributed by atoms with E-state index in [2.05, 4.69) is 15.3 Å². The van der Waals surface area contributed by atoms with Gasteiger partial charge in [-0.15, -0.1) is 0 Å². The molecule has 1 amide bonds. The van der Waals surface area contributed by atoms with Crippen molar-refractivity contribution in [2.45, 2.75) is 18.6 Å². The van der Waals surface area contributed by atoms with Gasteiger partial charge >= 0.3 is 12.1 Å². The van der Waals surface area contributed by atoms with Gasteiger partial charge in [0.25, 0.3) is 5.91 Å². The monoisotopic (exact) mass is 389 g/mol. The molecule has 0 saturated carbocycles. The van der Waals surface area contributed by atoms with Crippen molar-refractivity contribution in [3.63, 3.8) is 0 Å². The van der Waals surface area contributed by atoms with E-state index in [1.165, 1.54) is 12.3 Å². The predicted octanol–water partition coefficient (Wildman–Crippen LogP) is 3.07. The van der Waals surface area contributed by atoms with Crippen LogP contribution in [0.1, 0.15) is 21.6 Å². The molecule has 0 fully saturated rings. The van der Waals surface area contributed by atoms with Crippen molar-refractivity contribution in [1.82, 2.24) is 15.3 Å². The highest BCUT2D eigenvalue weighted by Gasteiger charge is 2.31. The Morgan fingerprint density at radius 3 is 2.46 bits per heavy atom. The molecule has 0 aliphatic carbocycles. The van der Waals surface area contributed by atoms with Gasteiger partial charge < -0.3 is 10.4 Å². The number of benzene rings is 2. The molecular formula is C19H14F3N3O3. The number of halogens is 3. The number of aromatic nitrogens is 2. The summed E-state index contributed by atoms with van der Waals surface area (Å²) in [7, 11) is 0. The summed E-state index contributed by atoms with van der Waals surface area (Å²) < 4.78 is 38.4. The number of para-hydroxylation sites is 2. The van der Waals surface area contributed by atoms with Crippen molar-refractivity contribution in [2.24, 2.45) is 0 Å². The van der Waals surface area contributed by atoms with E-state index in [-0.39, 0.29) is 12.0 Å². The van der Waals surface area contributed by atoms with Crippen LogP contribution in [0.3, 0.4) is 0 Å². The van der Waals surface area contributed by atoms with Crippen LogP contribution in [0.5, 0.6) is 0 Å². The van der Waals surface area contributed by atoms with Crippen molar-refractivity contribution in [1.29, 1.82) is 0 Å². The van der Waals surface area contributed by atoms with Gasteiger partial charge in [-0.3, -0.25) is 9.78 Å². The van der Waals surface area contributed by atoms with E-state index < -0.39 is 29.7 Å². The molecule has 0 bridgehead atoms. The fourth-order valence-electron chi connectivity index (χ4n) is 2.58. The molecule has 144 valence electrons. The largest absolute Gasteiger partial charge is 0.480 e. The second kappa shape index (κ2) is 7.63. The lowest BCUT2D eigenvalue weighted by atomic mass is 10.1. The first-order valence-corrected chi connectivity index (χ1v) is 8.15. The molecule has 3 aromatic rings. The molecule has 0 unspecified atom stereocenters. The third-order valence-corrected chi connectivity index (χ3v) is 3.97. The Bertz CT molecular complexity index is 1040. The minimum atomic E-state index is -4.61. The molecule has 0 aliphatic rings. The number of carbonyl (C=O) groups excluding carboxylic acids is 1. The summed E-state index contributed by atoms with van der Waals surface area (Å²) in [4.78, 5) is 32.3. The maximum Gasteiger partial charge on any atom is 0.416 e. The normalized spacial score (nSPS) is 12.5. The first-order chi connectivity index (χ1) is 13.2. The lowest BCUT2D eigenvalue weighted by Gasteiger charge is -2.15. The van der Waals surface area contributed by atoms with Crippen LogP contribution < -0.4 is 5.32 Å². The Balaban J connectivity index is 1.79. The Morgan fingerprint density at radius 2 is 1.79 bits per heavy atom. The zero-order valence-electron chi connectivity index (χ0n) is 14.3. The number of aliphatic carboxylic acids is 1. The number of carboxylic acid groups (broad SMARTS) is 1. The zero-order chi connectivity index (χ0) is 20.3. The lowest BCUT2D eigenvalue weighted by Crippen LogP contribution is -2.42. The standard InChI is InChI=1S/C19H14F3N3O3/c20-19(21,22)12-5-3-4-11(8-12)17(26)25-16(18(27)28)9-13-10-23-14-6-1-2-7-15(14)24-13/h1-8,10,16H,9H2,(H,25,26)(H,27,28)/t16-/m1/s1. The van der Waals surface area contributed by atoms with E-state index in [1.807, 2.05) is 0 Å². The number of alkyl halides is 3. The van der Waals surface area contributed by atoms with E-state index in [0.29, 0.717) is 22.8 Å². The van der Waals surface area contributed by atoms with Crippen molar-refractivity contribution < 1.29 is 27.9 Å². The number of amides is 1. The van der Waals surface area contributed by atoms with Crippen LogP contribution in [0.4, 0.5) is 13.2 Å². The van der Waals surface area contributed by atoms with Gasteiger partial charge in [-0.25, -0.2) is 9.78 Å². The molecular weight excluding hydrogens is 375 g/mol. The van der Waals surface area contributed by atoms with Crippen LogP contribution in [-0.4, -0.2) is 33.0 Å². The average molecular weight is 389 g/mol. The molecule has 9 heteroatoms. The first-order valence-electron chi connectivity index (χ1n) is 8.15. The summed E-state index contributed by atoms with van der Waals surface area (Å²) in [6.07, 6.45) is -3.38. The Kier molecular flexibility index (Phi) is 5.25. The molecule has 0 radical (unpaired) electrons. The van der Waals surface area contributed by atoms with Crippen LogP contribution >= 0.6 is 0 Å². The van der Waals surface area contributed by atoms with E-state index in [1.54, 1.807) is 24.3 Å². The SMILES string of the molecule is O=C(N[C@H](Cc1cnc2ccccc2n1)C(=O)O)c1cccc(C(F)(F)F)c1. The molecule has 2 N–H and O–H groups in total. The maximum absolute atomic E-state index is 12.8. The quantitative estimate of drug-likeness (QED) is 0.700. The minimum absolute atomic E-state index is 0.169. The zero-order valence-corrected chi connectivity index (χ0v) is 14.3. The Labute approximate surface area is 157 Å². The van der Waals surface area contributed by atoms with Gasteiger partial charge in [0.05, 0.1) is 22.3 Å². The first kappa shape index (κ1) is 19.3. The predicted molar refractivity (Wildman–Crippen MR) is 93.6 cm³/mol. The molecule has 2 aromatic carbocycles. The summed E-state index contributed by atoms with van der Waals surface area (Å²) >= 11 is 0. The van der Waals surface area contributed by atoms with Gasteiger partial charge in [-0.05, 0) is 30.3 Å². The summed E-state index contributed by atoms with van der Waals surface area (Å²) in [5.41, 5.74) is 0.244. The highest BCUT2D eigenvalue weighted by atomic mass is 19.4. The van der Waals surface area contributed by atoms with Crippen LogP contribution in [0.25, 0.3) is 11.0 Å². The van der Waals surface area contributed by atoms with Crippen molar-refractivity contribution >= 4 is 22.9 Å². The number of nitrogens with one attached hydrogen (secondary N) is 1. The topological polar surface area (TPSA) is 92.2 Å². The van der Waals surface area contributed by atoms with Crippen LogP contribution in [0.2, 0.25) is 0 Å². The van der Waals surface area contributed by atoms with E-state index in [9.17, 15) is 27.9 Å². The maximum atomic E-state index is 12.8. The number of hydrogen-bond donors (Lipinski definition) is 2. The smallest absolute Gasteiger partial charge is 0.416 e. The van der Waals surface area contributed by atoms with Gasteiger partial charge in [0.15, 0.2) is 0 Å². The Hall–Kier alpha value is -3.49. The number of carboxylic acids is 1. The van der Waals surface area contributed by atoms with Crippen LogP contribution in [-0.2, 0) is 17.4 Å². The molecule has 1 atom stereocenters. The Morgan fingerprint density at radius 1 is 1.07 bits per heavy atom. The van der Waals surface area contributed by atoms with Crippen LogP contribution in [0.15, 0.2) is 54.7 Å². The third kappa shape index (κ3) is 4.43.